The van der Waals surface area contributed by atoms with Gasteiger partial charge in [0.05, 0.1) is 23.6 Å². The van der Waals surface area contributed by atoms with Crippen LogP contribution < -0.4 is 10.9 Å². The molecule has 0 saturated carbocycles. The van der Waals surface area contributed by atoms with Crippen LogP contribution in [0.25, 0.3) is 11.1 Å². The monoisotopic (exact) mass is 733 g/mol. The van der Waals surface area contributed by atoms with E-state index in [0.717, 1.165) is 31.7 Å². The molecule has 0 bridgehead atoms. The number of nitrogens with zero attached hydrogens (tertiary/aromatic N) is 2. The maximum absolute atomic E-state index is 16.4. The zero-order valence-corrected chi connectivity index (χ0v) is 28.0. The summed E-state index contributed by atoms with van der Waals surface area (Å²) in [5.41, 5.74) is -7.78. The smallest absolute Gasteiger partial charge is 0.419 e. The molecule has 16 heteroatoms. The van der Waals surface area contributed by atoms with E-state index >= 15 is 8.78 Å². The van der Waals surface area contributed by atoms with Gasteiger partial charge in [0.25, 0.3) is 5.56 Å². The van der Waals surface area contributed by atoms with Crippen molar-refractivity contribution in [3.63, 3.8) is 0 Å². The molecule has 1 unspecified atom stereocenters. The molecule has 0 spiro atoms. The lowest BCUT2D eigenvalue weighted by atomic mass is 9.89. The van der Waals surface area contributed by atoms with Crippen molar-refractivity contribution in [3.05, 3.63) is 91.6 Å². The molecule has 1 aliphatic rings. The largest absolute Gasteiger partial charge is 0.481 e. The van der Waals surface area contributed by atoms with Crippen LogP contribution >= 0.6 is 0 Å². The number of carbonyl (C=O) groups is 2. The Labute approximate surface area is 287 Å². The molecule has 4 rings (SSSR count). The van der Waals surface area contributed by atoms with Gasteiger partial charge in [0.1, 0.15) is 23.5 Å². The van der Waals surface area contributed by atoms with Crippen LogP contribution in [0.1, 0.15) is 78.6 Å². The minimum atomic E-state index is -5.46. The summed E-state index contributed by atoms with van der Waals surface area (Å²) in [5, 5.41) is 11.7. The van der Waals surface area contributed by atoms with E-state index < -0.39 is 93.9 Å². The first-order valence-electron chi connectivity index (χ1n) is 16.0. The number of likely N-dealkylation sites (tertiary alicyclic amines) is 1. The Morgan fingerprint density at radius 3 is 2.10 bits per heavy atom. The molecular weight excluding hydrogens is 697 g/mol. The lowest BCUT2D eigenvalue weighted by molar-refractivity contribution is -0.140. The van der Waals surface area contributed by atoms with Gasteiger partial charge in [0.2, 0.25) is 5.91 Å². The first kappa shape index (κ1) is 39.4. The van der Waals surface area contributed by atoms with Crippen molar-refractivity contribution in [2.75, 3.05) is 19.6 Å². The summed E-state index contributed by atoms with van der Waals surface area (Å²) < 4.78 is 132. The van der Waals surface area contributed by atoms with Crippen molar-refractivity contribution in [1.29, 1.82) is 0 Å². The van der Waals surface area contributed by atoms with E-state index in [0.29, 0.717) is 23.7 Å². The quantitative estimate of drug-likeness (QED) is 0.186. The maximum atomic E-state index is 16.4. The number of nitrogens with one attached hydrogen (secondary N) is 1. The van der Waals surface area contributed by atoms with Crippen molar-refractivity contribution in [3.8, 4) is 11.1 Å². The molecule has 1 fully saturated rings. The fourth-order valence-corrected chi connectivity index (χ4v) is 6.23. The molecule has 278 valence electrons. The van der Waals surface area contributed by atoms with E-state index in [-0.39, 0.29) is 47.7 Å². The summed E-state index contributed by atoms with van der Waals surface area (Å²) >= 11 is 0. The van der Waals surface area contributed by atoms with Crippen LogP contribution in [-0.4, -0.2) is 46.1 Å². The molecule has 7 nitrogen and oxygen atoms in total. The molecule has 1 aliphatic heterocycles. The number of rotatable bonds is 12. The van der Waals surface area contributed by atoms with Gasteiger partial charge in [-0.25, -0.2) is 13.2 Å². The maximum Gasteiger partial charge on any atom is 0.419 e. The van der Waals surface area contributed by atoms with E-state index in [1.165, 1.54) is 6.92 Å². The Kier molecular flexibility index (Phi) is 11.7. The Morgan fingerprint density at radius 2 is 1.57 bits per heavy atom. The second-order valence-corrected chi connectivity index (χ2v) is 13.1. The minimum absolute atomic E-state index is 0.0980. The van der Waals surface area contributed by atoms with E-state index in [4.69, 9.17) is 0 Å². The second kappa shape index (κ2) is 15.1. The van der Waals surface area contributed by atoms with Crippen molar-refractivity contribution in [2.45, 2.75) is 77.8 Å². The minimum Gasteiger partial charge on any atom is -0.481 e. The number of benzene rings is 2. The van der Waals surface area contributed by atoms with Crippen LogP contribution in [-0.2, 0) is 28.4 Å². The fraction of sp³-hybridized carbons (Fsp3) is 0.457. The van der Waals surface area contributed by atoms with Crippen LogP contribution in [0.5, 0.6) is 0 Å². The normalized spacial score (nSPS) is 15.1. The van der Waals surface area contributed by atoms with E-state index in [2.05, 4.69) is 5.32 Å². The van der Waals surface area contributed by atoms with Gasteiger partial charge in [-0.1, -0.05) is 19.9 Å². The van der Waals surface area contributed by atoms with Gasteiger partial charge in [-0.2, -0.15) is 26.3 Å². The Balaban J connectivity index is 1.89. The van der Waals surface area contributed by atoms with Crippen molar-refractivity contribution >= 4 is 11.9 Å². The predicted molar refractivity (Wildman–Crippen MR) is 168 cm³/mol. The van der Waals surface area contributed by atoms with Crippen molar-refractivity contribution in [2.24, 2.45) is 5.92 Å². The predicted octanol–water partition coefficient (Wildman–Crippen LogP) is 7.75. The number of hydrogen-bond donors (Lipinski definition) is 2. The van der Waals surface area contributed by atoms with Gasteiger partial charge >= 0.3 is 18.3 Å². The van der Waals surface area contributed by atoms with Gasteiger partial charge in [-0.3, -0.25) is 14.4 Å². The summed E-state index contributed by atoms with van der Waals surface area (Å²) in [6.07, 6.45) is -10.4. The molecule has 2 atom stereocenters. The highest BCUT2D eigenvalue weighted by Crippen LogP contribution is 2.42. The highest BCUT2D eigenvalue weighted by molar-refractivity contribution is 5.82. The molecule has 1 saturated heterocycles. The molecule has 0 radical (unpaired) electrons. The van der Waals surface area contributed by atoms with Crippen LogP contribution in [0, 0.1) is 37.2 Å². The molecule has 2 heterocycles. The summed E-state index contributed by atoms with van der Waals surface area (Å²) in [6.45, 7) is 7.21. The van der Waals surface area contributed by atoms with Gasteiger partial charge in [-0.05, 0) is 86.5 Å². The number of carboxylic acids is 1. The fourth-order valence-electron chi connectivity index (χ4n) is 6.23. The number of alkyl halides is 6. The van der Waals surface area contributed by atoms with E-state index in [9.17, 15) is 50.2 Å². The first-order valence-corrected chi connectivity index (χ1v) is 16.0. The summed E-state index contributed by atoms with van der Waals surface area (Å²) in [5.74, 6) is -8.39. The van der Waals surface area contributed by atoms with Crippen LogP contribution in [0.3, 0.4) is 0 Å². The molecule has 2 N–H and O–H groups in total. The lowest BCUT2D eigenvalue weighted by Gasteiger charge is -2.31. The van der Waals surface area contributed by atoms with E-state index in [1.807, 2.05) is 4.90 Å². The number of pyridine rings is 1. The number of aryl methyl sites for hydroxylation is 1. The average molecular weight is 734 g/mol. The SMILES string of the molecule is Cc1ccc(F)c(C)c1-c1cc(C(F)(F)F)c(F)c([C@H](CC(=O)O)NC(=O)C(CC(C)C)n2cc(CCN3CCC3)c(C(F)(F)F)cc2=O)c1F. The van der Waals surface area contributed by atoms with Crippen LogP contribution in [0.2, 0.25) is 0 Å². The van der Waals surface area contributed by atoms with Crippen molar-refractivity contribution in [1.82, 2.24) is 14.8 Å². The molecule has 2 aromatic carbocycles. The number of aromatic nitrogens is 1. The highest BCUT2D eigenvalue weighted by Gasteiger charge is 2.41. The Hall–Kier alpha value is -4.34. The molecule has 1 aromatic heterocycles. The molecular formula is C35H36F9N3O4. The van der Waals surface area contributed by atoms with Gasteiger partial charge in [0.15, 0.2) is 0 Å². The third-order valence-electron chi connectivity index (χ3n) is 8.91. The number of halogens is 9. The molecule has 0 aliphatic carbocycles. The number of carboxylic acid groups (broad SMARTS) is 1. The van der Waals surface area contributed by atoms with Gasteiger partial charge < -0.3 is 19.9 Å². The zero-order valence-electron chi connectivity index (χ0n) is 28.0. The summed E-state index contributed by atoms with van der Waals surface area (Å²) in [4.78, 5) is 40.9. The number of amides is 1. The standard InChI is InChI=1S/C35H36F9N3O4/c1-17(2)12-26(47-16-20(8-11-46-9-5-10-46)22(14-27(47)48)34(39,40)41)33(51)45-25(15-28(49)50)30-31(37)21(13-23(32(30)38)35(42,43)44)29-18(3)6-7-24(36)19(29)4/h6-7,13-14,16-17,25-26H,5,8-12,15H2,1-4H3,(H,45,51)(H,49,50)/t25-,26?/m0/s1. The highest BCUT2D eigenvalue weighted by atomic mass is 19.4. The number of hydrogen-bond acceptors (Lipinski definition) is 4. The Morgan fingerprint density at radius 1 is 0.941 bits per heavy atom. The Bertz CT molecular complexity index is 1870. The van der Waals surface area contributed by atoms with Crippen molar-refractivity contribution < 1.29 is 54.2 Å². The number of carbonyl (C=O) groups excluding carboxylic acids is 1. The van der Waals surface area contributed by atoms with Gasteiger partial charge in [-0.15, -0.1) is 0 Å². The third kappa shape index (κ3) is 8.76. The van der Waals surface area contributed by atoms with E-state index in [1.54, 1.807) is 13.8 Å². The molecule has 1 amide bonds. The molecule has 3 aromatic rings. The molecule has 51 heavy (non-hydrogen) atoms. The lowest BCUT2D eigenvalue weighted by Crippen LogP contribution is -2.41. The van der Waals surface area contributed by atoms with Crippen LogP contribution in [0.15, 0.2) is 35.3 Å². The third-order valence-corrected chi connectivity index (χ3v) is 8.91. The first-order chi connectivity index (χ1) is 23.6. The zero-order chi connectivity index (χ0) is 38.2. The number of aliphatic carboxylic acids is 1. The van der Waals surface area contributed by atoms with Crippen LogP contribution in [0.4, 0.5) is 39.5 Å². The van der Waals surface area contributed by atoms with Gasteiger partial charge in [0, 0.05) is 29.9 Å². The summed E-state index contributed by atoms with van der Waals surface area (Å²) in [6, 6.07) is -1.40. The average Bonchev–Trinajstić information content (AvgIpc) is 2.97. The second-order valence-electron chi connectivity index (χ2n) is 13.1. The topological polar surface area (TPSA) is 91.6 Å². The summed E-state index contributed by atoms with van der Waals surface area (Å²) in [7, 11) is 0.